The van der Waals surface area contributed by atoms with Crippen molar-refractivity contribution in [1.29, 1.82) is 0 Å². The molecule has 2 aromatic carbocycles. The zero-order valence-electron chi connectivity index (χ0n) is 16.4. The van der Waals surface area contributed by atoms with Gasteiger partial charge in [0.2, 0.25) is 11.8 Å². The Morgan fingerprint density at radius 1 is 1.03 bits per heavy atom. The molecule has 0 spiro atoms. The number of hydrogen-bond acceptors (Lipinski definition) is 7. The highest BCUT2D eigenvalue weighted by atomic mass is 32.2. The number of aromatic amines is 1. The predicted octanol–water partition coefficient (Wildman–Crippen LogP) is 2.90. The Labute approximate surface area is 189 Å². The molecule has 162 valence electrons. The van der Waals surface area contributed by atoms with Crippen molar-refractivity contribution in [3.8, 4) is 11.5 Å². The molecule has 0 radical (unpaired) electrons. The number of aliphatic carboxylic acids is 1. The summed E-state index contributed by atoms with van der Waals surface area (Å²) in [5.41, 5.74) is 0.712. The highest BCUT2D eigenvalue weighted by molar-refractivity contribution is 8.00. The van der Waals surface area contributed by atoms with Crippen LogP contribution in [0.4, 0.5) is 0 Å². The van der Waals surface area contributed by atoms with E-state index in [4.69, 9.17) is 9.84 Å². The fourth-order valence-electron chi connectivity index (χ4n) is 4.12. The second-order valence-electron chi connectivity index (χ2n) is 7.39. The van der Waals surface area contributed by atoms with Crippen molar-refractivity contribution in [2.75, 3.05) is 6.54 Å². The summed E-state index contributed by atoms with van der Waals surface area (Å²) >= 11 is 2.11. The van der Waals surface area contributed by atoms with E-state index in [0.717, 1.165) is 28.0 Å². The van der Waals surface area contributed by atoms with Gasteiger partial charge >= 0.3 is 10.8 Å². The third-order valence-corrected chi connectivity index (χ3v) is 7.81. The summed E-state index contributed by atoms with van der Waals surface area (Å²) in [4.78, 5) is 53.3. The molecule has 3 heterocycles. The molecule has 2 amide bonds. The number of imide groups is 1. The number of thioether (sulfide) groups is 1. The standard InChI is InChI=1S/C22H16N2O6S2/c25-14(26)10-24-20(27)16-15(17-19(23-22(29)32-17)31-18(16)21(24)28)11-5-4-8-13(9-11)30-12-6-2-1-3-7-12/h1-9,15-16,18H,10H2,(H,23,29)(H,25,26)/t15-,16+,18-/m0/s1. The largest absolute Gasteiger partial charge is 0.480 e. The average Bonchev–Trinajstić information content (AvgIpc) is 3.25. The summed E-state index contributed by atoms with van der Waals surface area (Å²) in [5, 5.41) is 8.90. The van der Waals surface area contributed by atoms with Gasteiger partial charge in [-0.1, -0.05) is 53.4 Å². The number of thiazole rings is 1. The first-order valence-corrected chi connectivity index (χ1v) is 11.4. The van der Waals surface area contributed by atoms with Crippen LogP contribution in [0.15, 0.2) is 64.4 Å². The van der Waals surface area contributed by atoms with Gasteiger partial charge in [0.25, 0.3) is 0 Å². The van der Waals surface area contributed by atoms with Crippen LogP contribution in [0.2, 0.25) is 0 Å². The number of nitrogens with zero attached hydrogens (tertiary/aromatic N) is 1. The molecular weight excluding hydrogens is 452 g/mol. The van der Waals surface area contributed by atoms with Crippen molar-refractivity contribution in [3.63, 3.8) is 0 Å². The van der Waals surface area contributed by atoms with Gasteiger partial charge in [-0.2, -0.15) is 0 Å². The molecule has 2 aliphatic rings. The number of nitrogens with one attached hydrogen (secondary N) is 1. The first kappa shape index (κ1) is 20.5. The quantitative estimate of drug-likeness (QED) is 0.553. The number of amides is 2. The minimum Gasteiger partial charge on any atom is -0.480 e. The van der Waals surface area contributed by atoms with Crippen LogP contribution in [0.25, 0.3) is 0 Å². The fourth-order valence-corrected chi connectivity index (χ4v) is 6.66. The monoisotopic (exact) mass is 468 g/mol. The van der Waals surface area contributed by atoms with Crippen LogP contribution in [-0.2, 0) is 14.4 Å². The number of likely N-dealkylation sites (tertiary alicyclic amines) is 1. The van der Waals surface area contributed by atoms with Crippen molar-refractivity contribution < 1.29 is 24.2 Å². The number of para-hydroxylation sites is 1. The molecule has 2 aliphatic heterocycles. The smallest absolute Gasteiger partial charge is 0.323 e. The Balaban J connectivity index is 1.57. The van der Waals surface area contributed by atoms with Gasteiger partial charge in [-0.05, 0) is 29.8 Å². The molecule has 0 unspecified atom stereocenters. The van der Waals surface area contributed by atoms with E-state index in [1.807, 2.05) is 36.4 Å². The van der Waals surface area contributed by atoms with Crippen LogP contribution in [-0.4, -0.2) is 44.6 Å². The zero-order valence-corrected chi connectivity index (χ0v) is 18.0. The number of carboxylic acid groups (broad SMARTS) is 1. The fraction of sp³-hybridized carbons (Fsp3) is 0.182. The lowest BCUT2D eigenvalue weighted by molar-refractivity contribution is -0.149. The second-order valence-corrected chi connectivity index (χ2v) is 9.56. The number of H-pyrrole nitrogens is 1. The van der Waals surface area contributed by atoms with Gasteiger partial charge < -0.3 is 14.8 Å². The lowest BCUT2D eigenvalue weighted by Gasteiger charge is -2.30. The maximum absolute atomic E-state index is 13.2. The van der Waals surface area contributed by atoms with Crippen LogP contribution in [0.1, 0.15) is 16.4 Å². The molecule has 10 heteroatoms. The number of aromatic nitrogens is 1. The van der Waals surface area contributed by atoms with Crippen molar-refractivity contribution in [1.82, 2.24) is 9.88 Å². The van der Waals surface area contributed by atoms with Crippen LogP contribution >= 0.6 is 23.1 Å². The maximum Gasteiger partial charge on any atom is 0.323 e. The minimum atomic E-state index is -1.26. The third-order valence-electron chi connectivity index (χ3n) is 5.40. The number of carbonyl (C=O) groups excluding carboxylic acids is 2. The van der Waals surface area contributed by atoms with Crippen molar-refractivity contribution in [3.05, 3.63) is 74.7 Å². The van der Waals surface area contributed by atoms with Crippen LogP contribution in [0.3, 0.4) is 0 Å². The molecule has 8 nitrogen and oxygen atoms in total. The molecule has 1 aromatic heterocycles. The van der Waals surface area contributed by atoms with Gasteiger partial charge in [-0.25, -0.2) is 0 Å². The van der Waals surface area contributed by atoms with Gasteiger partial charge in [-0.3, -0.25) is 24.1 Å². The average molecular weight is 469 g/mol. The van der Waals surface area contributed by atoms with E-state index in [-0.39, 0.29) is 4.87 Å². The van der Waals surface area contributed by atoms with Gasteiger partial charge in [0.15, 0.2) is 0 Å². The van der Waals surface area contributed by atoms with Crippen molar-refractivity contribution in [2.45, 2.75) is 16.2 Å². The van der Waals surface area contributed by atoms with Crippen LogP contribution in [0.5, 0.6) is 11.5 Å². The van der Waals surface area contributed by atoms with E-state index < -0.39 is 41.4 Å². The summed E-state index contributed by atoms with van der Waals surface area (Å²) in [6, 6.07) is 16.4. The lowest BCUT2D eigenvalue weighted by atomic mass is 9.83. The summed E-state index contributed by atoms with van der Waals surface area (Å²) in [7, 11) is 0. The van der Waals surface area contributed by atoms with Crippen molar-refractivity contribution in [2.24, 2.45) is 5.92 Å². The van der Waals surface area contributed by atoms with Crippen molar-refractivity contribution >= 4 is 40.9 Å². The molecule has 2 N–H and O–H groups in total. The molecule has 3 atom stereocenters. The lowest BCUT2D eigenvalue weighted by Crippen LogP contribution is -2.36. The van der Waals surface area contributed by atoms with E-state index >= 15 is 0 Å². The number of hydrogen-bond donors (Lipinski definition) is 2. The van der Waals surface area contributed by atoms with Gasteiger partial charge in [0, 0.05) is 10.8 Å². The number of rotatable bonds is 5. The number of fused-ring (bicyclic) bond motifs is 2. The Hall–Kier alpha value is -3.37. The van der Waals surface area contributed by atoms with Gasteiger partial charge in [0.1, 0.15) is 23.3 Å². The Morgan fingerprint density at radius 2 is 1.78 bits per heavy atom. The van der Waals surface area contributed by atoms with Crippen LogP contribution < -0.4 is 9.61 Å². The molecule has 0 saturated carbocycles. The molecule has 0 aliphatic carbocycles. The minimum absolute atomic E-state index is 0.272. The topological polar surface area (TPSA) is 117 Å². The Kier molecular flexibility index (Phi) is 5.10. The number of carboxylic acids is 1. The highest BCUT2D eigenvalue weighted by Gasteiger charge is 2.56. The molecule has 0 bridgehead atoms. The van der Waals surface area contributed by atoms with Crippen LogP contribution in [0, 0.1) is 5.92 Å². The molecule has 1 saturated heterocycles. The number of ether oxygens (including phenoxy) is 1. The SMILES string of the molecule is O=C(O)CN1C(=O)[C@@H]2[C@H](c3cccc(Oc4ccccc4)c3)c3sc(=O)[nH]c3S[C@@H]2C1=O. The normalized spacial score (nSPS) is 21.9. The Bertz CT molecular complexity index is 1280. The predicted molar refractivity (Wildman–Crippen MR) is 117 cm³/mol. The van der Waals surface area contributed by atoms with Gasteiger partial charge in [-0.15, -0.1) is 0 Å². The number of benzene rings is 2. The summed E-state index contributed by atoms with van der Waals surface area (Å²) in [6.07, 6.45) is 0. The molecule has 3 aromatic rings. The summed E-state index contributed by atoms with van der Waals surface area (Å²) in [6.45, 7) is -0.681. The van der Waals surface area contributed by atoms with E-state index in [2.05, 4.69) is 4.98 Å². The third kappa shape index (κ3) is 3.51. The number of carbonyl (C=O) groups is 3. The molecule has 5 rings (SSSR count). The molecule has 1 fully saturated rings. The second kappa shape index (κ2) is 7.95. The maximum atomic E-state index is 13.2. The van der Waals surface area contributed by atoms with E-state index in [0.29, 0.717) is 27.0 Å². The van der Waals surface area contributed by atoms with E-state index in [9.17, 15) is 19.2 Å². The summed E-state index contributed by atoms with van der Waals surface area (Å²) in [5.74, 6) is -2.53. The van der Waals surface area contributed by atoms with E-state index in [1.54, 1.807) is 18.2 Å². The molecular formula is C22H16N2O6S2. The molecule has 32 heavy (non-hydrogen) atoms. The van der Waals surface area contributed by atoms with Gasteiger partial charge in [0.05, 0.1) is 10.9 Å². The summed E-state index contributed by atoms with van der Waals surface area (Å²) < 4.78 is 5.92. The van der Waals surface area contributed by atoms with E-state index in [1.165, 1.54) is 0 Å². The highest BCUT2D eigenvalue weighted by Crippen LogP contribution is 2.52. The first-order valence-electron chi connectivity index (χ1n) is 9.72. The Morgan fingerprint density at radius 3 is 2.53 bits per heavy atom. The first-order chi connectivity index (χ1) is 15.4. The zero-order chi connectivity index (χ0) is 22.4.